The van der Waals surface area contributed by atoms with Gasteiger partial charge in [0.05, 0.1) is 23.1 Å². The number of aliphatic hydroxyl groups excluding tert-OH is 1. The van der Waals surface area contributed by atoms with Crippen molar-refractivity contribution in [2.45, 2.75) is 25.9 Å². The van der Waals surface area contributed by atoms with E-state index in [9.17, 15) is 19.4 Å². The van der Waals surface area contributed by atoms with Gasteiger partial charge in [-0.2, -0.15) is 0 Å². The van der Waals surface area contributed by atoms with Gasteiger partial charge in [0, 0.05) is 28.4 Å². The number of nitrogens with zero attached hydrogens (tertiary/aromatic N) is 1. The van der Waals surface area contributed by atoms with Gasteiger partial charge in [0.15, 0.2) is 0 Å². The van der Waals surface area contributed by atoms with E-state index in [1.165, 1.54) is 36.4 Å². The van der Waals surface area contributed by atoms with Crippen molar-refractivity contribution < 1.29 is 28.5 Å². The summed E-state index contributed by atoms with van der Waals surface area (Å²) in [5.74, 6) is -1.70. The lowest BCUT2D eigenvalue weighted by Gasteiger charge is -2.27. The fourth-order valence-electron chi connectivity index (χ4n) is 4.83. The summed E-state index contributed by atoms with van der Waals surface area (Å²) in [6.07, 6.45) is 0. The molecule has 0 saturated heterocycles. The quantitative estimate of drug-likeness (QED) is 0.225. The zero-order chi connectivity index (χ0) is 27.7. The van der Waals surface area contributed by atoms with Crippen molar-refractivity contribution in [3.8, 4) is 22.6 Å². The van der Waals surface area contributed by atoms with Crippen LogP contribution < -0.4 is 4.74 Å². The second-order valence-electron chi connectivity index (χ2n) is 10.0. The monoisotopic (exact) mass is 527 g/mol. The molecule has 2 N–H and O–H groups in total. The third-order valence-electron chi connectivity index (χ3n) is 6.78. The molecule has 1 aromatic heterocycles. The Kier molecular flexibility index (Phi) is 6.93. The Hall–Kier alpha value is -4.49. The normalized spacial score (nSPS) is 11.6. The van der Waals surface area contributed by atoms with Crippen molar-refractivity contribution in [2.75, 3.05) is 6.61 Å². The van der Waals surface area contributed by atoms with E-state index in [-0.39, 0.29) is 18.8 Å². The summed E-state index contributed by atoms with van der Waals surface area (Å²) < 4.78 is 37.1. The third-order valence-corrected chi connectivity index (χ3v) is 6.78. The number of rotatable bonds is 8. The Morgan fingerprint density at radius 2 is 1.56 bits per heavy atom. The van der Waals surface area contributed by atoms with Crippen molar-refractivity contribution >= 4 is 16.9 Å². The van der Waals surface area contributed by atoms with Crippen LogP contribution >= 0.6 is 0 Å². The van der Waals surface area contributed by atoms with Crippen LogP contribution in [0.2, 0.25) is 0 Å². The van der Waals surface area contributed by atoms with E-state index in [0.717, 1.165) is 5.56 Å². The molecule has 4 aromatic carbocycles. The second kappa shape index (κ2) is 10.3. The molecular weight excluding hydrogens is 500 g/mol. The second-order valence-corrected chi connectivity index (χ2v) is 10.0. The van der Waals surface area contributed by atoms with E-state index in [1.807, 2.05) is 48.7 Å². The van der Waals surface area contributed by atoms with Crippen LogP contribution in [0.3, 0.4) is 0 Å². The van der Waals surface area contributed by atoms with Gasteiger partial charge in [-0.1, -0.05) is 56.3 Å². The molecule has 0 amide bonds. The fourth-order valence-corrected chi connectivity index (χ4v) is 4.83. The Morgan fingerprint density at radius 1 is 0.897 bits per heavy atom. The number of aromatic nitrogens is 1. The highest BCUT2D eigenvalue weighted by Gasteiger charge is 2.33. The Balaban J connectivity index is 1.86. The summed E-state index contributed by atoms with van der Waals surface area (Å²) in [5, 5.41) is 20.5. The summed E-state index contributed by atoms with van der Waals surface area (Å²) in [6.45, 7) is 3.67. The molecule has 5 nitrogen and oxygen atoms in total. The molecule has 5 rings (SSSR count). The molecule has 5 aromatic rings. The van der Waals surface area contributed by atoms with Crippen molar-refractivity contribution in [1.82, 2.24) is 4.57 Å². The lowest BCUT2D eigenvalue weighted by atomic mass is 9.84. The van der Waals surface area contributed by atoms with Gasteiger partial charge in [0.2, 0.25) is 0 Å². The predicted molar refractivity (Wildman–Crippen MR) is 146 cm³/mol. The number of benzene rings is 4. The lowest BCUT2D eigenvalue weighted by Crippen LogP contribution is -2.26. The maximum absolute atomic E-state index is 15.2. The van der Waals surface area contributed by atoms with Gasteiger partial charge in [0.25, 0.3) is 0 Å². The molecule has 0 bridgehead atoms. The number of halogens is 2. The molecule has 0 unspecified atom stereocenters. The largest absolute Gasteiger partial charge is 0.488 e. The third kappa shape index (κ3) is 5.01. The number of ether oxygens (including phenoxy) is 1. The van der Waals surface area contributed by atoms with Crippen LogP contribution in [0.15, 0.2) is 91.0 Å². The molecule has 0 fully saturated rings. The number of carboxylic acids is 1. The molecule has 0 aliphatic rings. The highest BCUT2D eigenvalue weighted by molar-refractivity contribution is 6.04. The SMILES string of the molecule is CC(C)(CO)c1c(-c2ccc(C(=O)O)cc2)c2c(OCc3ccccc3)cc(F)cc2n1-c1ccc(F)cc1. The molecule has 198 valence electrons. The van der Waals surface area contributed by atoms with Gasteiger partial charge in [-0.05, 0) is 53.6 Å². The fraction of sp³-hybridized carbons (Fsp3) is 0.156. The molecule has 0 spiro atoms. The summed E-state index contributed by atoms with van der Waals surface area (Å²) in [5.41, 5.74) is 3.19. The number of hydrogen-bond donors (Lipinski definition) is 2. The zero-order valence-corrected chi connectivity index (χ0v) is 21.5. The summed E-state index contributed by atoms with van der Waals surface area (Å²) in [6, 6.07) is 24.4. The number of aliphatic hydroxyl groups is 1. The number of aromatic carboxylic acids is 1. The summed E-state index contributed by atoms with van der Waals surface area (Å²) in [4.78, 5) is 11.5. The van der Waals surface area contributed by atoms with E-state index in [1.54, 1.807) is 24.3 Å². The molecule has 7 heteroatoms. The Bertz CT molecular complexity index is 1640. The van der Waals surface area contributed by atoms with E-state index < -0.39 is 23.0 Å². The van der Waals surface area contributed by atoms with Crippen molar-refractivity contribution in [3.63, 3.8) is 0 Å². The van der Waals surface area contributed by atoms with Gasteiger partial charge in [0.1, 0.15) is 24.0 Å². The van der Waals surface area contributed by atoms with Crippen LogP contribution in [0.1, 0.15) is 35.5 Å². The molecular formula is C32H27F2NO4. The highest BCUT2D eigenvalue weighted by Crippen LogP contribution is 2.46. The minimum Gasteiger partial charge on any atom is -0.488 e. The standard InChI is InChI=1S/C32H27F2NO4/c1-32(2,19-36)30-28(21-8-10-22(11-9-21)31(37)38)29-26(35(30)25-14-12-23(33)13-15-25)16-24(34)17-27(29)39-18-20-6-4-3-5-7-20/h3-17,36H,18-19H2,1-2H3,(H,37,38). The van der Waals surface area contributed by atoms with E-state index in [2.05, 4.69) is 0 Å². The number of hydrogen-bond acceptors (Lipinski definition) is 3. The first-order chi connectivity index (χ1) is 18.7. The van der Waals surface area contributed by atoms with Crippen LogP contribution in [0.4, 0.5) is 8.78 Å². The van der Waals surface area contributed by atoms with Gasteiger partial charge in [-0.25, -0.2) is 13.6 Å². The first-order valence-corrected chi connectivity index (χ1v) is 12.5. The highest BCUT2D eigenvalue weighted by atomic mass is 19.1. The summed E-state index contributed by atoms with van der Waals surface area (Å²) in [7, 11) is 0. The molecule has 1 heterocycles. The van der Waals surface area contributed by atoms with Gasteiger partial charge in [-0.15, -0.1) is 0 Å². The van der Waals surface area contributed by atoms with Gasteiger partial charge >= 0.3 is 5.97 Å². The van der Waals surface area contributed by atoms with Crippen LogP contribution in [-0.2, 0) is 12.0 Å². The van der Waals surface area contributed by atoms with Crippen molar-refractivity contribution in [3.05, 3.63) is 119 Å². The number of carboxylic acid groups (broad SMARTS) is 1. The summed E-state index contributed by atoms with van der Waals surface area (Å²) >= 11 is 0. The maximum Gasteiger partial charge on any atom is 0.335 e. The molecule has 0 aliphatic heterocycles. The topological polar surface area (TPSA) is 71.7 Å². The average Bonchev–Trinajstić information content (AvgIpc) is 3.28. The molecule has 0 atom stereocenters. The van der Waals surface area contributed by atoms with Crippen molar-refractivity contribution in [1.29, 1.82) is 0 Å². The number of carbonyl (C=O) groups is 1. The molecule has 39 heavy (non-hydrogen) atoms. The Labute approximate surface area is 224 Å². The molecule has 0 radical (unpaired) electrons. The smallest absolute Gasteiger partial charge is 0.335 e. The number of fused-ring (bicyclic) bond motifs is 1. The maximum atomic E-state index is 15.2. The van der Waals surface area contributed by atoms with Crippen LogP contribution in [0.5, 0.6) is 5.75 Å². The predicted octanol–water partition coefficient (Wildman–Crippen LogP) is 7.12. The first kappa shape index (κ1) is 26.1. The van der Waals surface area contributed by atoms with E-state index >= 15 is 4.39 Å². The van der Waals surface area contributed by atoms with Gasteiger partial charge in [-0.3, -0.25) is 0 Å². The lowest BCUT2D eigenvalue weighted by molar-refractivity contribution is 0.0697. The molecule has 0 saturated carbocycles. The minimum absolute atomic E-state index is 0.121. The average molecular weight is 528 g/mol. The first-order valence-electron chi connectivity index (χ1n) is 12.5. The molecule has 0 aliphatic carbocycles. The van der Waals surface area contributed by atoms with Crippen LogP contribution in [0.25, 0.3) is 27.7 Å². The van der Waals surface area contributed by atoms with E-state index in [0.29, 0.717) is 39.2 Å². The Morgan fingerprint density at radius 3 is 2.18 bits per heavy atom. The van der Waals surface area contributed by atoms with Crippen LogP contribution in [-0.4, -0.2) is 27.4 Å². The zero-order valence-electron chi connectivity index (χ0n) is 21.5. The van der Waals surface area contributed by atoms with Crippen LogP contribution in [0, 0.1) is 11.6 Å². The van der Waals surface area contributed by atoms with Crippen molar-refractivity contribution in [2.24, 2.45) is 0 Å². The van der Waals surface area contributed by atoms with Gasteiger partial charge < -0.3 is 19.5 Å². The van der Waals surface area contributed by atoms with E-state index in [4.69, 9.17) is 4.74 Å². The minimum atomic E-state index is -1.06.